The average Bonchev–Trinajstić information content (AvgIpc) is 3.65. The second-order valence-corrected chi connectivity index (χ2v) is 13.7. The van der Waals surface area contributed by atoms with Crippen molar-refractivity contribution in [1.29, 1.82) is 0 Å². The van der Waals surface area contributed by atoms with Gasteiger partial charge in [0.2, 0.25) is 10.0 Å². The fraction of sp³-hybridized carbons (Fsp3) is 0.370. The Bertz CT molecular complexity index is 1560. The number of aromatic nitrogens is 2. The van der Waals surface area contributed by atoms with Crippen LogP contribution < -0.4 is 14.2 Å². The van der Waals surface area contributed by atoms with Gasteiger partial charge in [-0.05, 0) is 48.6 Å². The number of carbonyl (C=O) groups is 1. The summed E-state index contributed by atoms with van der Waals surface area (Å²) in [6.07, 6.45) is 5.42. The molecule has 5 rings (SSSR count). The lowest BCUT2D eigenvalue weighted by Crippen LogP contribution is -2.40. The SMILES string of the molecule is O=C(O[C@@H](Cc1c(Cl)c[n+]([O-])cc1Cl)c1ccc(OC(F)F)c(OCC2CC2)c1)[C@@H]1SCCN1S(=O)(=O)c1cccnc1. The Morgan fingerprint density at radius 3 is 2.58 bits per heavy atom. The lowest BCUT2D eigenvalue weighted by molar-refractivity contribution is -0.605. The summed E-state index contributed by atoms with van der Waals surface area (Å²) in [6.45, 7) is -2.76. The van der Waals surface area contributed by atoms with Gasteiger partial charge in [-0.1, -0.05) is 29.3 Å². The van der Waals surface area contributed by atoms with Crippen LogP contribution in [0.4, 0.5) is 8.78 Å². The van der Waals surface area contributed by atoms with Gasteiger partial charge >= 0.3 is 12.6 Å². The van der Waals surface area contributed by atoms with Crippen molar-refractivity contribution in [2.45, 2.75) is 42.2 Å². The molecule has 3 heterocycles. The third-order valence-electron chi connectivity index (χ3n) is 6.72. The molecule has 2 aliphatic rings. The van der Waals surface area contributed by atoms with Crippen molar-refractivity contribution in [1.82, 2.24) is 9.29 Å². The molecule has 16 heteroatoms. The Morgan fingerprint density at radius 1 is 1.19 bits per heavy atom. The van der Waals surface area contributed by atoms with Crippen molar-refractivity contribution in [3.05, 3.63) is 81.5 Å². The maximum Gasteiger partial charge on any atom is 0.387 e. The topological polar surface area (TPSA) is 122 Å². The van der Waals surface area contributed by atoms with Crippen LogP contribution in [-0.4, -0.2) is 54.6 Å². The first-order chi connectivity index (χ1) is 20.5. The summed E-state index contributed by atoms with van der Waals surface area (Å²) in [7, 11) is -4.08. The van der Waals surface area contributed by atoms with Crippen molar-refractivity contribution in [2.75, 3.05) is 18.9 Å². The van der Waals surface area contributed by atoms with Crippen molar-refractivity contribution >= 4 is 51.0 Å². The van der Waals surface area contributed by atoms with Crippen LogP contribution in [0, 0.1) is 11.1 Å². The van der Waals surface area contributed by atoms with E-state index in [2.05, 4.69) is 9.72 Å². The molecule has 1 saturated carbocycles. The van der Waals surface area contributed by atoms with E-state index in [4.69, 9.17) is 32.7 Å². The number of esters is 1. The molecule has 10 nitrogen and oxygen atoms in total. The summed E-state index contributed by atoms with van der Waals surface area (Å²) in [5, 5.41) is 10.6. The number of benzene rings is 1. The van der Waals surface area contributed by atoms with Crippen LogP contribution in [0.1, 0.15) is 30.1 Å². The summed E-state index contributed by atoms with van der Waals surface area (Å²) >= 11 is 13.7. The zero-order valence-corrected chi connectivity index (χ0v) is 25.4. The first-order valence-electron chi connectivity index (χ1n) is 13.0. The number of carbonyl (C=O) groups excluding carboxylic acids is 1. The van der Waals surface area contributed by atoms with Gasteiger partial charge in [0.05, 0.1) is 6.61 Å². The summed E-state index contributed by atoms with van der Waals surface area (Å²) in [6, 6.07) is 6.97. The van der Waals surface area contributed by atoms with Crippen molar-refractivity contribution in [3.8, 4) is 11.5 Å². The summed E-state index contributed by atoms with van der Waals surface area (Å²) in [5.41, 5.74) is 0.594. The van der Waals surface area contributed by atoms with E-state index in [1.165, 1.54) is 42.7 Å². The molecular weight excluding hydrogens is 651 g/mol. The lowest BCUT2D eigenvalue weighted by atomic mass is 10.0. The zero-order valence-electron chi connectivity index (χ0n) is 22.3. The van der Waals surface area contributed by atoms with E-state index in [0.717, 1.165) is 41.3 Å². The number of alkyl halides is 2. The molecule has 3 aromatic rings. The van der Waals surface area contributed by atoms with Crippen molar-refractivity contribution in [3.63, 3.8) is 0 Å². The Labute approximate surface area is 260 Å². The molecule has 0 spiro atoms. The van der Waals surface area contributed by atoms with Crippen LogP contribution in [0.25, 0.3) is 0 Å². The molecule has 2 atom stereocenters. The average molecular weight is 677 g/mol. The number of pyridine rings is 2. The molecular formula is C27H25Cl2F2N3O7S2. The number of hydrogen-bond acceptors (Lipinski definition) is 9. The molecule has 2 fully saturated rings. The number of thioether (sulfide) groups is 1. The third kappa shape index (κ3) is 7.60. The predicted octanol–water partition coefficient (Wildman–Crippen LogP) is 5.00. The first-order valence-corrected chi connectivity index (χ1v) is 16.3. The minimum atomic E-state index is -4.08. The molecule has 1 aliphatic carbocycles. The van der Waals surface area contributed by atoms with Gasteiger partial charge in [-0.2, -0.15) is 17.8 Å². The number of hydrogen-bond donors (Lipinski definition) is 0. The van der Waals surface area contributed by atoms with Crippen LogP contribution in [-0.2, 0) is 26.0 Å². The molecule has 0 N–H and O–H groups in total. The monoisotopic (exact) mass is 675 g/mol. The Kier molecular flexibility index (Phi) is 9.81. The van der Waals surface area contributed by atoms with Gasteiger partial charge in [0.25, 0.3) is 0 Å². The fourth-order valence-corrected chi connectivity index (χ4v) is 7.99. The highest BCUT2D eigenvalue weighted by Crippen LogP contribution is 2.39. The maximum atomic E-state index is 13.6. The van der Waals surface area contributed by atoms with Gasteiger partial charge in [-0.3, -0.25) is 4.98 Å². The number of sulfonamides is 1. The van der Waals surface area contributed by atoms with Crippen LogP contribution in [0.5, 0.6) is 11.5 Å². The highest BCUT2D eigenvalue weighted by Gasteiger charge is 2.42. The maximum absolute atomic E-state index is 13.6. The highest BCUT2D eigenvalue weighted by atomic mass is 35.5. The summed E-state index contributed by atoms with van der Waals surface area (Å²) < 4.78 is 70.7. The number of nitrogens with zero attached hydrogens (tertiary/aromatic N) is 3. The van der Waals surface area contributed by atoms with Crippen molar-refractivity contribution in [2.24, 2.45) is 5.92 Å². The highest BCUT2D eigenvalue weighted by molar-refractivity contribution is 8.02. The second-order valence-electron chi connectivity index (χ2n) is 9.79. The normalized spacial score (nSPS) is 18.0. The second kappa shape index (κ2) is 13.4. The van der Waals surface area contributed by atoms with Gasteiger partial charge in [0, 0.05) is 36.7 Å². The van der Waals surface area contributed by atoms with E-state index in [0.29, 0.717) is 22.0 Å². The third-order valence-corrected chi connectivity index (χ3v) is 10.5. The van der Waals surface area contributed by atoms with Crippen molar-refractivity contribution < 1.29 is 40.9 Å². The zero-order chi connectivity index (χ0) is 30.7. The van der Waals surface area contributed by atoms with Crippen LogP contribution >= 0.6 is 35.0 Å². The lowest BCUT2D eigenvalue weighted by Gasteiger charge is -2.26. The molecule has 0 radical (unpaired) electrons. The van der Waals surface area contributed by atoms with E-state index in [1.54, 1.807) is 0 Å². The van der Waals surface area contributed by atoms with E-state index in [1.807, 2.05) is 0 Å². The number of halogens is 4. The fourth-order valence-electron chi connectivity index (χ4n) is 4.38. The number of rotatable bonds is 12. The number of ether oxygens (including phenoxy) is 3. The standard InChI is InChI=1S/C27H25Cl2F2N3O7S2/c28-20-13-33(36)14-21(29)19(20)11-23(17-5-6-22(41-27(30)31)24(10-17)39-15-16-3-4-16)40-26(35)25-34(8-9-42-25)43(37,38)18-2-1-7-32-12-18/h1-2,5-7,10,12-14,16,23,25,27H,3-4,8-9,11,15H2/t23-,25-/m0/s1. The largest absolute Gasteiger partial charge is 0.619 e. The molecule has 1 aromatic carbocycles. The molecule has 43 heavy (non-hydrogen) atoms. The van der Waals surface area contributed by atoms with Crippen LogP contribution in [0.15, 0.2) is 60.0 Å². The van der Waals surface area contributed by atoms with Gasteiger partial charge < -0.3 is 19.4 Å². The first kappa shape index (κ1) is 31.5. The molecule has 2 aromatic heterocycles. The smallest absolute Gasteiger partial charge is 0.387 e. The van der Waals surface area contributed by atoms with Crippen LogP contribution in [0.3, 0.4) is 0 Å². The minimum absolute atomic E-state index is 0.00225. The summed E-state index contributed by atoms with van der Waals surface area (Å²) in [4.78, 5) is 17.4. The predicted molar refractivity (Wildman–Crippen MR) is 154 cm³/mol. The van der Waals surface area contributed by atoms with Crippen LogP contribution in [0.2, 0.25) is 10.0 Å². The van der Waals surface area contributed by atoms with Gasteiger partial charge in [-0.25, -0.2) is 13.2 Å². The quantitative estimate of drug-likeness (QED) is 0.148. The van der Waals surface area contributed by atoms with E-state index < -0.39 is 34.1 Å². The van der Waals surface area contributed by atoms with Gasteiger partial charge in [0.1, 0.15) is 21.0 Å². The molecule has 230 valence electrons. The Balaban J connectivity index is 1.47. The molecule has 0 amide bonds. The Morgan fingerprint density at radius 2 is 1.93 bits per heavy atom. The van der Waals surface area contributed by atoms with Gasteiger partial charge in [0.15, 0.2) is 29.3 Å². The molecule has 1 saturated heterocycles. The van der Waals surface area contributed by atoms with E-state index in [-0.39, 0.29) is 51.6 Å². The summed E-state index contributed by atoms with van der Waals surface area (Å²) in [5.74, 6) is -0.417. The van der Waals surface area contributed by atoms with E-state index in [9.17, 15) is 27.2 Å². The molecule has 0 unspecified atom stereocenters. The van der Waals surface area contributed by atoms with E-state index >= 15 is 0 Å². The van der Waals surface area contributed by atoms with Gasteiger partial charge in [-0.15, -0.1) is 11.8 Å². The molecule has 1 aliphatic heterocycles. The minimum Gasteiger partial charge on any atom is -0.619 e. The molecule has 0 bridgehead atoms. The Hall–Kier alpha value is -2.91.